The van der Waals surface area contributed by atoms with Crippen LogP contribution in [0, 0.1) is 0 Å². The minimum absolute atomic E-state index is 0.0556. The quantitative estimate of drug-likeness (QED) is 0.558. The van der Waals surface area contributed by atoms with Gasteiger partial charge in [-0.05, 0) is 13.3 Å². The van der Waals surface area contributed by atoms with Crippen LogP contribution in [0.5, 0.6) is 0 Å². The third-order valence-electron chi connectivity index (χ3n) is 1.13. The highest BCUT2D eigenvalue weighted by Crippen LogP contribution is 1.83. The Morgan fingerprint density at radius 2 is 2.22 bits per heavy atom. The first kappa shape index (κ1) is 8.43. The van der Waals surface area contributed by atoms with E-state index in [1.807, 2.05) is 13.8 Å². The summed E-state index contributed by atoms with van der Waals surface area (Å²) in [7, 11) is 0. The number of carbonyl (C=O) groups excluding carboxylic acids is 1. The fraction of sp³-hybridized carbons (Fsp3) is 0.833. The number of carbonyl (C=O) groups is 1. The number of likely N-dealkylation sites (N-methyl/N-ethyl adjacent to an activating group) is 1. The molecule has 54 valence electrons. The third-order valence-corrected chi connectivity index (χ3v) is 1.13. The zero-order chi connectivity index (χ0) is 7.28. The number of nitrogens with one attached hydrogen (secondary N) is 1. The van der Waals surface area contributed by atoms with E-state index in [2.05, 4.69) is 5.32 Å². The van der Waals surface area contributed by atoms with Crippen molar-refractivity contribution in [3.8, 4) is 0 Å². The van der Waals surface area contributed by atoms with Crippen LogP contribution in [-0.4, -0.2) is 18.5 Å². The summed E-state index contributed by atoms with van der Waals surface area (Å²) in [5, 5.41) is 2.63. The van der Waals surface area contributed by atoms with Crippen molar-refractivity contribution >= 4 is 5.91 Å². The topological polar surface area (TPSA) is 55.1 Å². The van der Waals surface area contributed by atoms with Crippen LogP contribution in [0.2, 0.25) is 0 Å². The summed E-state index contributed by atoms with van der Waals surface area (Å²) in [5.41, 5.74) is 5.39. The minimum atomic E-state index is -0.329. The summed E-state index contributed by atoms with van der Waals surface area (Å²) in [6, 6.07) is -0.329. The Kier molecular flexibility index (Phi) is 4.05. The molecule has 0 saturated carbocycles. The summed E-state index contributed by atoms with van der Waals surface area (Å²) in [5.74, 6) is -0.0556. The van der Waals surface area contributed by atoms with Gasteiger partial charge in [-0.3, -0.25) is 4.79 Å². The average Bonchev–Trinajstić information content (AvgIpc) is 1.87. The standard InChI is InChI=1S/C6H14N2O/c1-3-5(7)6(9)8-4-2/h5H,3-4,7H2,1-2H3,(H,8,9)/t5-/m0/s1. The van der Waals surface area contributed by atoms with Crippen LogP contribution in [-0.2, 0) is 4.79 Å². The van der Waals surface area contributed by atoms with Crippen molar-refractivity contribution in [3.63, 3.8) is 0 Å². The van der Waals surface area contributed by atoms with Gasteiger partial charge in [-0.25, -0.2) is 0 Å². The molecule has 0 fully saturated rings. The Hall–Kier alpha value is -0.570. The Morgan fingerprint density at radius 3 is 2.56 bits per heavy atom. The van der Waals surface area contributed by atoms with E-state index in [-0.39, 0.29) is 11.9 Å². The molecule has 0 aliphatic rings. The Balaban J connectivity index is 3.46. The summed E-state index contributed by atoms with van der Waals surface area (Å²) >= 11 is 0. The second kappa shape index (κ2) is 4.32. The maximum atomic E-state index is 10.7. The van der Waals surface area contributed by atoms with E-state index in [0.29, 0.717) is 13.0 Å². The fourth-order valence-corrected chi connectivity index (χ4v) is 0.491. The molecule has 3 nitrogen and oxygen atoms in total. The first-order valence-electron chi connectivity index (χ1n) is 3.25. The van der Waals surface area contributed by atoms with Crippen LogP contribution in [0.4, 0.5) is 0 Å². The Morgan fingerprint density at radius 1 is 1.67 bits per heavy atom. The third kappa shape index (κ3) is 3.08. The molecule has 0 aromatic rings. The summed E-state index contributed by atoms with van der Waals surface area (Å²) < 4.78 is 0. The van der Waals surface area contributed by atoms with Gasteiger partial charge >= 0.3 is 0 Å². The van der Waals surface area contributed by atoms with E-state index < -0.39 is 0 Å². The number of hydrogen-bond donors (Lipinski definition) is 2. The highest BCUT2D eigenvalue weighted by molar-refractivity contribution is 5.81. The molecule has 0 heterocycles. The lowest BCUT2D eigenvalue weighted by molar-refractivity contribution is -0.122. The van der Waals surface area contributed by atoms with E-state index in [0.717, 1.165) is 0 Å². The van der Waals surface area contributed by atoms with Crippen molar-refractivity contribution in [2.45, 2.75) is 26.3 Å². The lowest BCUT2D eigenvalue weighted by Crippen LogP contribution is -2.39. The molecule has 0 aliphatic carbocycles. The maximum absolute atomic E-state index is 10.7. The maximum Gasteiger partial charge on any atom is 0.236 e. The minimum Gasteiger partial charge on any atom is -0.355 e. The van der Waals surface area contributed by atoms with Gasteiger partial charge in [-0.1, -0.05) is 6.92 Å². The van der Waals surface area contributed by atoms with Crippen LogP contribution < -0.4 is 11.1 Å². The molecule has 0 bridgehead atoms. The van der Waals surface area contributed by atoms with Gasteiger partial charge in [-0.2, -0.15) is 0 Å². The molecule has 0 aliphatic heterocycles. The van der Waals surface area contributed by atoms with Gasteiger partial charge in [-0.15, -0.1) is 0 Å². The molecular formula is C6H14N2O. The van der Waals surface area contributed by atoms with Gasteiger partial charge in [0.2, 0.25) is 5.91 Å². The smallest absolute Gasteiger partial charge is 0.236 e. The molecular weight excluding hydrogens is 116 g/mol. The lowest BCUT2D eigenvalue weighted by atomic mass is 10.2. The molecule has 0 rings (SSSR count). The molecule has 3 heteroatoms. The van der Waals surface area contributed by atoms with Gasteiger partial charge in [0.05, 0.1) is 6.04 Å². The second-order valence-corrected chi connectivity index (χ2v) is 1.91. The number of rotatable bonds is 3. The van der Waals surface area contributed by atoms with Crippen LogP contribution >= 0.6 is 0 Å². The van der Waals surface area contributed by atoms with Crippen molar-refractivity contribution in [1.82, 2.24) is 5.32 Å². The zero-order valence-corrected chi connectivity index (χ0v) is 5.98. The SMILES string of the molecule is CCNC(=O)[C@@H](N)CC. The highest BCUT2D eigenvalue weighted by atomic mass is 16.2. The molecule has 1 atom stereocenters. The van der Waals surface area contributed by atoms with Gasteiger partial charge in [0.1, 0.15) is 0 Å². The predicted octanol–water partition coefficient (Wildman–Crippen LogP) is -0.140. The van der Waals surface area contributed by atoms with Crippen LogP contribution in [0.25, 0.3) is 0 Å². The van der Waals surface area contributed by atoms with Gasteiger partial charge < -0.3 is 11.1 Å². The average molecular weight is 130 g/mol. The molecule has 0 radical (unpaired) electrons. The molecule has 0 aromatic carbocycles. The van der Waals surface area contributed by atoms with E-state index in [4.69, 9.17) is 5.73 Å². The first-order chi connectivity index (χ1) is 4.22. The van der Waals surface area contributed by atoms with Gasteiger partial charge in [0.15, 0.2) is 0 Å². The Bertz CT molecular complexity index is 93.1. The highest BCUT2D eigenvalue weighted by Gasteiger charge is 2.07. The van der Waals surface area contributed by atoms with Crippen molar-refractivity contribution in [1.29, 1.82) is 0 Å². The van der Waals surface area contributed by atoms with Gasteiger partial charge in [0.25, 0.3) is 0 Å². The summed E-state index contributed by atoms with van der Waals surface area (Å²) in [4.78, 5) is 10.7. The zero-order valence-electron chi connectivity index (χ0n) is 5.98. The van der Waals surface area contributed by atoms with Gasteiger partial charge in [0, 0.05) is 6.54 Å². The largest absolute Gasteiger partial charge is 0.355 e. The van der Waals surface area contributed by atoms with Crippen molar-refractivity contribution in [3.05, 3.63) is 0 Å². The van der Waals surface area contributed by atoms with E-state index in [9.17, 15) is 4.79 Å². The predicted molar refractivity (Wildman–Crippen MR) is 37.0 cm³/mol. The number of hydrogen-bond acceptors (Lipinski definition) is 2. The number of amides is 1. The first-order valence-corrected chi connectivity index (χ1v) is 3.25. The van der Waals surface area contributed by atoms with Crippen molar-refractivity contribution < 1.29 is 4.79 Å². The normalized spacial score (nSPS) is 12.8. The van der Waals surface area contributed by atoms with Crippen LogP contribution in [0.1, 0.15) is 20.3 Å². The van der Waals surface area contributed by atoms with Crippen molar-refractivity contribution in [2.24, 2.45) is 5.73 Å². The molecule has 9 heavy (non-hydrogen) atoms. The van der Waals surface area contributed by atoms with Crippen molar-refractivity contribution in [2.75, 3.05) is 6.54 Å². The molecule has 0 spiro atoms. The summed E-state index contributed by atoms with van der Waals surface area (Å²) in [6.07, 6.45) is 0.700. The fourth-order valence-electron chi connectivity index (χ4n) is 0.491. The molecule has 0 unspecified atom stereocenters. The molecule has 0 saturated heterocycles. The van der Waals surface area contributed by atoms with E-state index in [1.54, 1.807) is 0 Å². The molecule has 0 aromatic heterocycles. The second-order valence-electron chi connectivity index (χ2n) is 1.91. The van der Waals surface area contributed by atoms with E-state index in [1.165, 1.54) is 0 Å². The van der Waals surface area contributed by atoms with E-state index >= 15 is 0 Å². The van der Waals surface area contributed by atoms with Crippen LogP contribution in [0.15, 0.2) is 0 Å². The summed E-state index contributed by atoms with van der Waals surface area (Å²) in [6.45, 7) is 4.42. The lowest BCUT2D eigenvalue weighted by Gasteiger charge is -2.06. The molecule has 3 N–H and O–H groups in total. The molecule has 1 amide bonds. The Labute approximate surface area is 55.6 Å². The number of nitrogens with two attached hydrogens (primary N) is 1. The van der Waals surface area contributed by atoms with Crippen LogP contribution in [0.3, 0.4) is 0 Å². The monoisotopic (exact) mass is 130 g/mol.